The number of amides is 1. The predicted molar refractivity (Wildman–Crippen MR) is 155 cm³/mol. The summed E-state index contributed by atoms with van der Waals surface area (Å²) in [6, 6.07) is 8.33. The molecule has 2 atom stereocenters. The Morgan fingerprint density at radius 2 is 1.90 bits per heavy atom. The van der Waals surface area contributed by atoms with Crippen LogP contribution >= 0.6 is 23.2 Å². The number of aryl methyl sites for hydroxylation is 1. The number of anilines is 1. The van der Waals surface area contributed by atoms with Gasteiger partial charge < -0.3 is 5.32 Å². The number of halogens is 2. The molecule has 0 unspecified atom stereocenters. The topological polar surface area (TPSA) is 125 Å². The van der Waals surface area contributed by atoms with Gasteiger partial charge in [-0.3, -0.25) is 23.8 Å². The van der Waals surface area contributed by atoms with E-state index in [1.807, 2.05) is 20.0 Å². The van der Waals surface area contributed by atoms with E-state index in [1.165, 1.54) is 10.7 Å². The summed E-state index contributed by atoms with van der Waals surface area (Å²) >= 11 is 12.3. The first-order valence-electron chi connectivity index (χ1n) is 13.0. The Hall–Kier alpha value is -4.35. The Labute approximate surface area is 244 Å². The Morgan fingerprint density at radius 3 is 2.68 bits per heavy atom. The molecule has 5 heterocycles. The second kappa shape index (κ2) is 10.9. The zero-order valence-electron chi connectivity index (χ0n) is 22.2. The van der Waals surface area contributed by atoms with Gasteiger partial charge >= 0.3 is 0 Å². The van der Waals surface area contributed by atoms with Crippen LogP contribution in [-0.4, -0.2) is 45.2 Å². The van der Waals surface area contributed by atoms with Gasteiger partial charge in [-0.2, -0.15) is 5.10 Å². The molecular weight excluding hydrogens is 565 g/mol. The minimum absolute atomic E-state index is 0.0744. The number of benzene rings is 1. The maximum absolute atomic E-state index is 13.7. The van der Waals surface area contributed by atoms with Gasteiger partial charge in [0.05, 0.1) is 47.5 Å². The Balaban J connectivity index is 1.44. The molecule has 0 fully saturated rings. The Morgan fingerprint density at radius 1 is 1.05 bits per heavy atom. The number of hydrogen-bond donors (Lipinski definition) is 1. The first-order chi connectivity index (χ1) is 19.8. The molecule has 208 valence electrons. The van der Waals surface area contributed by atoms with Crippen LogP contribution in [0.15, 0.2) is 66.2 Å². The average Bonchev–Trinajstić information content (AvgIpc) is 3.55. The van der Waals surface area contributed by atoms with Gasteiger partial charge in [-0.1, -0.05) is 41.8 Å². The molecule has 11 nitrogen and oxygen atoms in total. The van der Waals surface area contributed by atoms with E-state index < -0.39 is 0 Å². The van der Waals surface area contributed by atoms with Crippen LogP contribution in [0.4, 0.5) is 5.69 Å². The summed E-state index contributed by atoms with van der Waals surface area (Å²) in [4.78, 5) is 35.7. The first-order valence-corrected chi connectivity index (χ1v) is 13.8. The molecule has 13 heteroatoms. The summed E-state index contributed by atoms with van der Waals surface area (Å²) in [5, 5.41) is 16.0. The molecule has 6 rings (SSSR count). The van der Waals surface area contributed by atoms with Gasteiger partial charge in [0.25, 0.3) is 5.56 Å². The number of rotatable bonds is 3. The summed E-state index contributed by atoms with van der Waals surface area (Å²) in [5.74, 6) is -0.293. The number of aromatic nitrogens is 8. The highest BCUT2D eigenvalue weighted by molar-refractivity contribution is 6.31. The number of fused-ring (bicyclic) bond motifs is 4. The van der Waals surface area contributed by atoms with Crippen molar-refractivity contribution in [3.05, 3.63) is 87.5 Å². The number of pyridine rings is 1. The Bertz CT molecular complexity index is 1830. The zero-order chi connectivity index (χ0) is 28.7. The molecule has 0 spiro atoms. The van der Waals surface area contributed by atoms with Crippen LogP contribution in [-0.2, 0) is 11.8 Å². The maximum atomic E-state index is 13.7. The summed E-state index contributed by atoms with van der Waals surface area (Å²) in [7, 11) is 1.81. The van der Waals surface area contributed by atoms with Crippen LogP contribution in [0.1, 0.15) is 37.8 Å². The second-order valence-electron chi connectivity index (χ2n) is 10.0. The third-order valence-corrected chi connectivity index (χ3v) is 7.70. The highest BCUT2D eigenvalue weighted by Crippen LogP contribution is 2.33. The van der Waals surface area contributed by atoms with Crippen molar-refractivity contribution in [2.24, 2.45) is 13.0 Å². The van der Waals surface area contributed by atoms with Crippen molar-refractivity contribution < 1.29 is 4.79 Å². The van der Waals surface area contributed by atoms with Crippen molar-refractivity contribution in [2.75, 3.05) is 5.32 Å². The minimum Gasteiger partial charge on any atom is -0.323 e. The van der Waals surface area contributed by atoms with Crippen molar-refractivity contribution >= 4 is 34.8 Å². The normalized spacial score (nSPS) is 17.3. The fraction of sp³-hybridized carbons (Fsp3) is 0.250. The van der Waals surface area contributed by atoms with Gasteiger partial charge in [-0.05, 0) is 42.7 Å². The van der Waals surface area contributed by atoms with E-state index in [2.05, 4.69) is 30.7 Å². The summed E-state index contributed by atoms with van der Waals surface area (Å²) in [5.41, 5.74) is 4.41. The predicted octanol–water partition coefficient (Wildman–Crippen LogP) is 4.94. The van der Waals surface area contributed by atoms with Crippen molar-refractivity contribution in [3.8, 4) is 28.2 Å². The standard InChI is InChI=1S/C28H25Cl2N9O2/c1-16-4-3-5-23(17-8-18(12-31-11-17)27-22(34-28(16)41)13-33-37(27)2)38-15-32-21(10-26(38)40)20-9-19(29)6-7-24(20)39-14-25(30)35-36-39/h6-16,23H,3-5H2,1-2H3,(H,34,41)/t16-,23+/m1/s1. The van der Waals surface area contributed by atoms with E-state index in [-0.39, 0.29) is 28.6 Å². The van der Waals surface area contributed by atoms with E-state index in [9.17, 15) is 9.59 Å². The molecule has 1 aliphatic rings. The van der Waals surface area contributed by atoms with Crippen LogP contribution < -0.4 is 10.9 Å². The molecule has 4 aromatic heterocycles. The lowest BCUT2D eigenvalue weighted by Gasteiger charge is -2.22. The van der Waals surface area contributed by atoms with Crippen molar-refractivity contribution in [1.29, 1.82) is 0 Å². The van der Waals surface area contributed by atoms with E-state index >= 15 is 0 Å². The summed E-state index contributed by atoms with van der Waals surface area (Å²) < 4.78 is 4.83. The molecular formula is C28H25Cl2N9O2. The molecule has 2 bridgehead atoms. The number of carbonyl (C=O) groups excluding carboxylic acids is 1. The largest absolute Gasteiger partial charge is 0.323 e. The van der Waals surface area contributed by atoms with Gasteiger partial charge in [-0.15, -0.1) is 5.10 Å². The highest BCUT2D eigenvalue weighted by atomic mass is 35.5. The van der Waals surface area contributed by atoms with Gasteiger partial charge in [0.1, 0.15) is 0 Å². The van der Waals surface area contributed by atoms with Crippen molar-refractivity contribution in [1.82, 2.24) is 39.3 Å². The van der Waals surface area contributed by atoms with E-state index in [0.717, 1.165) is 16.8 Å². The van der Waals surface area contributed by atoms with Crippen molar-refractivity contribution in [2.45, 2.75) is 32.2 Å². The third kappa shape index (κ3) is 5.25. The van der Waals surface area contributed by atoms with Crippen molar-refractivity contribution in [3.63, 3.8) is 0 Å². The lowest BCUT2D eigenvalue weighted by atomic mass is 9.95. The van der Waals surface area contributed by atoms with E-state index in [0.29, 0.717) is 46.9 Å². The van der Waals surface area contributed by atoms with E-state index in [1.54, 1.807) is 58.6 Å². The smallest absolute Gasteiger partial charge is 0.254 e. The molecule has 5 aromatic rings. The van der Waals surface area contributed by atoms with Gasteiger partial charge in [-0.25, -0.2) is 9.67 Å². The lowest BCUT2D eigenvalue weighted by Crippen LogP contribution is -2.26. The van der Waals surface area contributed by atoms with Gasteiger partial charge in [0.15, 0.2) is 5.15 Å². The van der Waals surface area contributed by atoms with Crippen LogP contribution in [0.5, 0.6) is 0 Å². The molecule has 41 heavy (non-hydrogen) atoms. The fourth-order valence-electron chi connectivity index (χ4n) is 5.18. The number of carbonyl (C=O) groups is 1. The molecule has 1 amide bonds. The summed E-state index contributed by atoms with van der Waals surface area (Å²) in [6.45, 7) is 1.90. The number of hydrogen-bond acceptors (Lipinski definition) is 7. The highest BCUT2D eigenvalue weighted by Gasteiger charge is 2.24. The maximum Gasteiger partial charge on any atom is 0.254 e. The van der Waals surface area contributed by atoms with E-state index in [4.69, 9.17) is 23.2 Å². The average molecular weight is 590 g/mol. The monoisotopic (exact) mass is 589 g/mol. The fourth-order valence-corrected chi connectivity index (χ4v) is 5.48. The molecule has 0 radical (unpaired) electrons. The third-order valence-electron chi connectivity index (χ3n) is 7.30. The first kappa shape index (κ1) is 26.9. The second-order valence-corrected chi connectivity index (χ2v) is 10.9. The lowest BCUT2D eigenvalue weighted by molar-refractivity contribution is -0.119. The van der Waals surface area contributed by atoms with Crippen LogP contribution in [0, 0.1) is 5.92 Å². The zero-order valence-corrected chi connectivity index (χ0v) is 23.7. The van der Waals surface area contributed by atoms with Crippen LogP contribution in [0.2, 0.25) is 10.2 Å². The molecule has 0 saturated carbocycles. The number of nitrogens with one attached hydrogen (secondary N) is 1. The van der Waals surface area contributed by atoms with Crippen LogP contribution in [0.3, 0.4) is 0 Å². The summed E-state index contributed by atoms with van der Waals surface area (Å²) in [6.07, 6.45) is 10.2. The molecule has 0 saturated heterocycles. The molecule has 1 aliphatic heterocycles. The molecule has 0 aliphatic carbocycles. The SMILES string of the molecule is C[C@@H]1CCC[C@H](n2cnc(-c3cc(Cl)ccc3-n3cc(Cl)nn3)cc2=O)c2cncc(c2)-c2c(cnn2C)NC1=O. The van der Waals surface area contributed by atoms with Crippen LogP contribution in [0.25, 0.3) is 28.2 Å². The minimum atomic E-state index is -0.351. The molecule has 1 N–H and O–H groups in total. The number of nitrogens with zero attached hydrogens (tertiary/aromatic N) is 8. The Kier molecular flexibility index (Phi) is 7.14. The molecule has 1 aromatic carbocycles. The van der Waals surface area contributed by atoms with Gasteiger partial charge in [0.2, 0.25) is 5.91 Å². The van der Waals surface area contributed by atoms with Gasteiger partial charge in [0, 0.05) is 47.6 Å². The quantitative estimate of drug-likeness (QED) is 0.316.